The van der Waals surface area contributed by atoms with Crippen LogP contribution in [0.4, 0.5) is 11.5 Å². The molecule has 0 aliphatic heterocycles. The summed E-state index contributed by atoms with van der Waals surface area (Å²) in [5.74, 6) is 0.924. The number of anilines is 2. The molecule has 2 aromatic rings. The van der Waals surface area contributed by atoms with E-state index in [4.69, 9.17) is 5.73 Å². The maximum absolute atomic E-state index is 9.47. The lowest BCUT2D eigenvalue weighted by molar-refractivity contribution is 0.477. The number of aromatic nitrogens is 1. The number of phenols is 1. The molecule has 88 valence electrons. The van der Waals surface area contributed by atoms with Gasteiger partial charge in [-0.3, -0.25) is 0 Å². The second-order valence-electron chi connectivity index (χ2n) is 3.97. The van der Waals surface area contributed by atoms with Crippen LogP contribution in [0.25, 0.3) is 0 Å². The van der Waals surface area contributed by atoms with E-state index in [-0.39, 0.29) is 5.75 Å². The van der Waals surface area contributed by atoms with Crippen molar-refractivity contribution in [2.75, 3.05) is 11.1 Å². The Morgan fingerprint density at radius 2 is 2.12 bits per heavy atom. The van der Waals surface area contributed by atoms with E-state index in [1.807, 2.05) is 31.3 Å². The van der Waals surface area contributed by atoms with Crippen molar-refractivity contribution in [2.45, 2.75) is 13.5 Å². The van der Waals surface area contributed by atoms with Crippen LogP contribution in [0.15, 0.2) is 36.5 Å². The Hall–Kier alpha value is -2.23. The maximum atomic E-state index is 9.47. The van der Waals surface area contributed by atoms with Gasteiger partial charge in [0.25, 0.3) is 0 Å². The minimum atomic E-state index is 0.112. The van der Waals surface area contributed by atoms with Crippen molar-refractivity contribution in [1.82, 2.24) is 4.98 Å². The molecule has 0 saturated heterocycles. The largest absolute Gasteiger partial charge is 0.506 e. The van der Waals surface area contributed by atoms with Crippen molar-refractivity contribution in [2.24, 2.45) is 0 Å². The number of aromatic hydroxyl groups is 1. The third-order valence-corrected chi connectivity index (χ3v) is 2.48. The lowest BCUT2D eigenvalue weighted by Crippen LogP contribution is -2.01. The zero-order chi connectivity index (χ0) is 12.3. The van der Waals surface area contributed by atoms with Crippen LogP contribution >= 0.6 is 0 Å². The lowest BCUT2D eigenvalue weighted by Gasteiger charge is -2.07. The molecule has 0 spiro atoms. The van der Waals surface area contributed by atoms with Crippen molar-refractivity contribution in [3.8, 4) is 5.75 Å². The summed E-state index contributed by atoms with van der Waals surface area (Å²) in [5.41, 5.74) is 8.00. The number of pyridine rings is 1. The van der Waals surface area contributed by atoms with E-state index >= 15 is 0 Å². The molecule has 1 heterocycles. The van der Waals surface area contributed by atoms with Crippen molar-refractivity contribution in [3.05, 3.63) is 47.7 Å². The summed E-state index contributed by atoms with van der Waals surface area (Å²) in [6.07, 6.45) is 1.81. The number of hydrogen-bond acceptors (Lipinski definition) is 4. The predicted octanol–water partition coefficient (Wildman–Crippen LogP) is 2.29. The summed E-state index contributed by atoms with van der Waals surface area (Å²) in [4.78, 5) is 4.24. The van der Waals surface area contributed by atoms with Gasteiger partial charge in [0.05, 0.1) is 5.69 Å². The van der Waals surface area contributed by atoms with Crippen LogP contribution in [0.5, 0.6) is 5.75 Å². The molecule has 0 fully saturated rings. The highest BCUT2D eigenvalue weighted by Gasteiger charge is 1.99. The molecule has 0 aliphatic carbocycles. The SMILES string of the molecule is Cc1ccc(NCc2ccc(N)c(O)c2)nc1. The van der Waals surface area contributed by atoms with Gasteiger partial charge in [0.1, 0.15) is 11.6 Å². The first-order valence-corrected chi connectivity index (χ1v) is 5.39. The molecule has 0 aliphatic rings. The van der Waals surface area contributed by atoms with Crippen molar-refractivity contribution in [1.29, 1.82) is 0 Å². The van der Waals surface area contributed by atoms with Crippen molar-refractivity contribution < 1.29 is 5.11 Å². The number of nitrogens with one attached hydrogen (secondary N) is 1. The Morgan fingerprint density at radius 1 is 1.29 bits per heavy atom. The Kier molecular flexibility index (Phi) is 3.14. The fourth-order valence-corrected chi connectivity index (χ4v) is 1.46. The van der Waals surface area contributed by atoms with Gasteiger partial charge in [-0.05, 0) is 36.2 Å². The van der Waals surface area contributed by atoms with E-state index in [9.17, 15) is 5.11 Å². The molecule has 1 aromatic heterocycles. The normalized spacial score (nSPS) is 10.2. The van der Waals surface area contributed by atoms with E-state index in [1.54, 1.807) is 12.1 Å². The van der Waals surface area contributed by atoms with Gasteiger partial charge >= 0.3 is 0 Å². The monoisotopic (exact) mass is 229 g/mol. The van der Waals surface area contributed by atoms with Gasteiger partial charge < -0.3 is 16.2 Å². The molecule has 0 bridgehead atoms. The van der Waals surface area contributed by atoms with Gasteiger partial charge in [0, 0.05) is 12.7 Å². The second kappa shape index (κ2) is 4.74. The highest BCUT2D eigenvalue weighted by molar-refractivity contribution is 5.53. The number of rotatable bonds is 3. The van der Waals surface area contributed by atoms with Crippen molar-refractivity contribution in [3.63, 3.8) is 0 Å². The molecule has 0 atom stereocenters. The standard InChI is InChI=1S/C13H15N3O/c1-9-2-5-13(15-7-9)16-8-10-3-4-11(14)12(17)6-10/h2-7,17H,8,14H2,1H3,(H,15,16). The molecule has 17 heavy (non-hydrogen) atoms. The van der Waals surface area contributed by atoms with Crippen LogP contribution in [0.2, 0.25) is 0 Å². The number of phenolic OH excluding ortho intramolecular Hbond substituents is 1. The summed E-state index contributed by atoms with van der Waals surface area (Å²) in [7, 11) is 0. The fraction of sp³-hybridized carbons (Fsp3) is 0.154. The zero-order valence-electron chi connectivity index (χ0n) is 9.64. The molecule has 1 aromatic carbocycles. The summed E-state index contributed by atoms with van der Waals surface area (Å²) in [5, 5.41) is 12.6. The molecule has 2 rings (SSSR count). The molecule has 4 heteroatoms. The highest BCUT2D eigenvalue weighted by atomic mass is 16.3. The molecular formula is C13H15N3O. The molecule has 0 radical (unpaired) electrons. The summed E-state index contributed by atoms with van der Waals surface area (Å²) < 4.78 is 0. The number of hydrogen-bond donors (Lipinski definition) is 3. The summed E-state index contributed by atoms with van der Waals surface area (Å²) in [6, 6.07) is 9.13. The van der Waals surface area contributed by atoms with E-state index in [0.717, 1.165) is 16.9 Å². The Morgan fingerprint density at radius 3 is 2.76 bits per heavy atom. The van der Waals surface area contributed by atoms with Gasteiger partial charge in [-0.2, -0.15) is 0 Å². The van der Waals surface area contributed by atoms with Gasteiger partial charge in [0.15, 0.2) is 0 Å². The molecule has 0 saturated carbocycles. The first kappa shape index (κ1) is 11.3. The highest BCUT2D eigenvalue weighted by Crippen LogP contribution is 2.21. The Labute approximate surface area is 100 Å². The average Bonchev–Trinajstić information content (AvgIpc) is 2.33. The number of nitrogen functional groups attached to an aromatic ring is 1. The third-order valence-electron chi connectivity index (χ3n) is 2.48. The third kappa shape index (κ3) is 2.87. The van der Waals surface area contributed by atoms with Crippen LogP contribution in [0.1, 0.15) is 11.1 Å². The fourth-order valence-electron chi connectivity index (χ4n) is 1.46. The zero-order valence-corrected chi connectivity index (χ0v) is 9.64. The first-order chi connectivity index (χ1) is 8.15. The van der Waals surface area contributed by atoms with Crippen LogP contribution in [-0.2, 0) is 6.54 Å². The van der Waals surface area contributed by atoms with Crippen LogP contribution < -0.4 is 11.1 Å². The van der Waals surface area contributed by atoms with E-state index < -0.39 is 0 Å². The number of nitrogens with two attached hydrogens (primary N) is 1. The van der Waals surface area contributed by atoms with E-state index in [0.29, 0.717) is 12.2 Å². The van der Waals surface area contributed by atoms with Crippen LogP contribution in [0.3, 0.4) is 0 Å². The average molecular weight is 229 g/mol. The van der Waals surface area contributed by atoms with Gasteiger partial charge in [-0.15, -0.1) is 0 Å². The van der Waals surface area contributed by atoms with Crippen LogP contribution in [0, 0.1) is 6.92 Å². The predicted molar refractivity (Wildman–Crippen MR) is 68.8 cm³/mol. The minimum absolute atomic E-state index is 0.112. The van der Waals surface area contributed by atoms with Gasteiger partial charge in [-0.25, -0.2) is 4.98 Å². The Bertz CT molecular complexity index is 509. The molecule has 0 amide bonds. The van der Waals surface area contributed by atoms with E-state index in [2.05, 4.69) is 10.3 Å². The summed E-state index contributed by atoms with van der Waals surface area (Å²) >= 11 is 0. The molecule has 4 nitrogen and oxygen atoms in total. The van der Waals surface area contributed by atoms with E-state index in [1.165, 1.54) is 0 Å². The van der Waals surface area contributed by atoms with Gasteiger partial charge in [0.2, 0.25) is 0 Å². The van der Waals surface area contributed by atoms with Crippen LogP contribution in [-0.4, -0.2) is 10.1 Å². The molecule has 0 unspecified atom stereocenters. The lowest BCUT2D eigenvalue weighted by atomic mass is 10.2. The maximum Gasteiger partial charge on any atom is 0.138 e. The van der Waals surface area contributed by atoms with Gasteiger partial charge in [-0.1, -0.05) is 12.1 Å². The second-order valence-corrected chi connectivity index (χ2v) is 3.97. The number of nitrogens with zero attached hydrogens (tertiary/aromatic N) is 1. The molecule has 4 N–H and O–H groups in total. The minimum Gasteiger partial charge on any atom is -0.506 e. The smallest absolute Gasteiger partial charge is 0.138 e. The Balaban J connectivity index is 2.02. The van der Waals surface area contributed by atoms with Crippen molar-refractivity contribution >= 4 is 11.5 Å². The number of benzene rings is 1. The number of aryl methyl sites for hydroxylation is 1. The quantitative estimate of drug-likeness (QED) is 0.558. The first-order valence-electron chi connectivity index (χ1n) is 5.39. The molecular weight excluding hydrogens is 214 g/mol. The summed E-state index contributed by atoms with van der Waals surface area (Å²) in [6.45, 7) is 2.60. The topological polar surface area (TPSA) is 71.2 Å².